The van der Waals surface area contributed by atoms with Gasteiger partial charge in [0.2, 0.25) is 0 Å². The first-order valence-electron chi connectivity index (χ1n) is 5.17. The van der Waals surface area contributed by atoms with Crippen LogP contribution in [0.5, 0.6) is 0 Å². The molecule has 0 N–H and O–H groups in total. The molecule has 1 nitrogen and oxygen atoms in total. The zero-order valence-corrected chi connectivity index (χ0v) is 10.0. The molecule has 2 rings (SSSR count). The second-order valence-electron chi connectivity index (χ2n) is 3.57. The van der Waals surface area contributed by atoms with E-state index in [2.05, 4.69) is 0 Å². The third-order valence-electron chi connectivity index (χ3n) is 2.47. The van der Waals surface area contributed by atoms with Crippen LogP contribution in [-0.2, 0) is 0 Å². The molecule has 16 heavy (non-hydrogen) atoms. The van der Waals surface area contributed by atoms with Gasteiger partial charge in [0.1, 0.15) is 0 Å². The molecule has 0 radical (unpaired) electrons. The number of hydrogen-bond acceptors (Lipinski definition) is 1. The topological polar surface area (TPSA) is 17.1 Å². The lowest BCUT2D eigenvalue weighted by Gasteiger charge is -2.10. The summed E-state index contributed by atoms with van der Waals surface area (Å²) in [7, 11) is -0.752. The molecule has 0 bridgehead atoms. The number of carbonyl (C=O) groups excluding carboxylic acids is 1. The maximum absolute atomic E-state index is 12.2. The summed E-state index contributed by atoms with van der Waals surface area (Å²) in [6.45, 7) is 2.01. The van der Waals surface area contributed by atoms with Crippen molar-refractivity contribution in [1.29, 1.82) is 0 Å². The van der Waals surface area contributed by atoms with Crippen LogP contribution in [0.2, 0.25) is 0 Å². The SMILES string of the molecule is CP(C(=O)c1ccccc1)c1ccccc1. The van der Waals surface area contributed by atoms with Crippen LogP contribution < -0.4 is 5.30 Å². The van der Waals surface area contributed by atoms with Gasteiger partial charge in [0.25, 0.3) is 0 Å². The van der Waals surface area contributed by atoms with E-state index in [1.807, 2.05) is 67.3 Å². The van der Waals surface area contributed by atoms with Gasteiger partial charge in [-0.1, -0.05) is 60.7 Å². The fraction of sp³-hybridized carbons (Fsp3) is 0.0714. The highest BCUT2D eigenvalue weighted by atomic mass is 31.1. The highest BCUT2D eigenvalue weighted by Gasteiger charge is 2.15. The van der Waals surface area contributed by atoms with Crippen molar-refractivity contribution in [3.63, 3.8) is 0 Å². The zero-order valence-electron chi connectivity index (χ0n) is 9.13. The molecule has 0 heterocycles. The maximum atomic E-state index is 12.2. The largest absolute Gasteiger partial charge is 0.289 e. The molecular formula is C14H13OP. The van der Waals surface area contributed by atoms with Gasteiger partial charge in [-0.05, 0) is 19.9 Å². The van der Waals surface area contributed by atoms with Crippen molar-refractivity contribution in [2.45, 2.75) is 0 Å². The van der Waals surface area contributed by atoms with Gasteiger partial charge in [-0.3, -0.25) is 4.79 Å². The van der Waals surface area contributed by atoms with E-state index in [4.69, 9.17) is 0 Å². The van der Waals surface area contributed by atoms with Gasteiger partial charge in [-0.2, -0.15) is 0 Å². The van der Waals surface area contributed by atoms with Gasteiger partial charge in [-0.15, -0.1) is 0 Å². The van der Waals surface area contributed by atoms with Crippen molar-refractivity contribution >= 4 is 18.8 Å². The summed E-state index contributed by atoms with van der Waals surface area (Å²) < 4.78 is 0. The van der Waals surface area contributed by atoms with E-state index in [1.54, 1.807) is 0 Å². The Hall–Kier alpha value is -1.46. The highest BCUT2D eigenvalue weighted by Crippen LogP contribution is 2.33. The van der Waals surface area contributed by atoms with Crippen molar-refractivity contribution in [1.82, 2.24) is 0 Å². The Kier molecular flexibility index (Phi) is 3.48. The third-order valence-corrected chi connectivity index (χ3v) is 4.41. The Morgan fingerprint density at radius 3 is 1.94 bits per heavy atom. The number of rotatable bonds is 3. The molecule has 0 aliphatic heterocycles. The first-order valence-corrected chi connectivity index (χ1v) is 6.96. The predicted molar refractivity (Wildman–Crippen MR) is 69.7 cm³/mol. The minimum atomic E-state index is -0.752. The summed E-state index contributed by atoms with van der Waals surface area (Å²) in [4.78, 5) is 12.2. The lowest BCUT2D eigenvalue weighted by atomic mass is 10.2. The van der Waals surface area contributed by atoms with Crippen molar-refractivity contribution in [2.75, 3.05) is 6.66 Å². The van der Waals surface area contributed by atoms with E-state index in [-0.39, 0.29) is 5.52 Å². The van der Waals surface area contributed by atoms with Crippen LogP contribution in [0.4, 0.5) is 0 Å². The van der Waals surface area contributed by atoms with Crippen LogP contribution in [0.15, 0.2) is 60.7 Å². The molecular weight excluding hydrogens is 215 g/mol. The Bertz CT molecular complexity index is 465. The van der Waals surface area contributed by atoms with Crippen LogP contribution in [0.3, 0.4) is 0 Å². The lowest BCUT2D eigenvalue weighted by Crippen LogP contribution is -2.07. The van der Waals surface area contributed by atoms with Crippen LogP contribution in [-0.4, -0.2) is 12.2 Å². The lowest BCUT2D eigenvalue weighted by molar-refractivity contribution is 0.108. The summed E-state index contributed by atoms with van der Waals surface area (Å²) >= 11 is 0. The molecule has 1 atom stereocenters. The van der Waals surface area contributed by atoms with E-state index in [1.165, 1.54) is 0 Å². The highest BCUT2D eigenvalue weighted by molar-refractivity contribution is 7.81. The molecule has 1 unspecified atom stereocenters. The summed E-state index contributed by atoms with van der Waals surface area (Å²) in [5, 5.41) is 1.13. The molecule has 80 valence electrons. The molecule has 0 aliphatic carbocycles. The first-order chi connectivity index (χ1) is 7.79. The summed E-state index contributed by atoms with van der Waals surface area (Å²) in [5.41, 5.74) is 1.04. The van der Waals surface area contributed by atoms with E-state index in [9.17, 15) is 4.79 Å². The smallest absolute Gasteiger partial charge is 0.188 e. The molecule has 0 fully saturated rings. The van der Waals surface area contributed by atoms with Crippen molar-refractivity contribution in [2.24, 2.45) is 0 Å². The molecule has 2 heteroatoms. The molecule has 0 amide bonds. The van der Waals surface area contributed by atoms with E-state index in [0.29, 0.717) is 0 Å². The minimum Gasteiger partial charge on any atom is -0.289 e. The quantitative estimate of drug-likeness (QED) is 0.737. The Balaban J connectivity index is 2.24. The Morgan fingerprint density at radius 1 is 0.875 bits per heavy atom. The molecule has 0 spiro atoms. The van der Waals surface area contributed by atoms with Gasteiger partial charge in [0.15, 0.2) is 5.52 Å². The second-order valence-corrected chi connectivity index (χ2v) is 5.61. The van der Waals surface area contributed by atoms with E-state index < -0.39 is 7.92 Å². The van der Waals surface area contributed by atoms with E-state index >= 15 is 0 Å². The average molecular weight is 228 g/mol. The first kappa shape index (κ1) is 11.0. The fourth-order valence-electron chi connectivity index (χ4n) is 1.54. The standard InChI is InChI=1S/C14H13OP/c1-16(13-10-6-3-7-11-13)14(15)12-8-4-2-5-9-12/h2-11H,1H3. The van der Waals surface area contributed by atoms with Crippen LogP contribution in [0.25, 0.3) is 0 Å². The van der Waals surface area contributed by atoms with Gasteiger partial charge in [0.05, 0.1) is 0 Å². The molecule has 0 aliphatic rings. The molecule has 0 saturated carbocycles. The van der Waals surface area contributed by atoms with Gasteiger partial charge in [-0.25, -0.2) is 0 Å². The van der Waals surface area contributed by atoms with Crippen LogP contribution in [0, 0.1) is 0 Å². The van der Waals surface area contributed by atoms with Crippen LogP contribution in [0.1, 0.15) is 10.4 Å². The fourth-order valence-corrected chi connectivity index (χ4v) is 2.93. The Morgan fingerprint density at radius 2 is 1.38 bits per heavy atom. The average Bonchev–Trinajstić information content (AvgIpc) is 2.39. The molecule has 0 aromatic heterocycles. The van der Waals surface area contributed by atoms with Gasteiger partial charge < -0.3 is 0 Å². The molecule has 2 aromatic carbocycles. The monoisotopic (exact) mass is 228 g/mol. The van der Waals surface area contributed by atoms with Gasteiger partial charge in [0, 0.05) is 5.56 Å². The van der Waals surface area contributed by atoms with E-state index in [0.717, 1.165) is 10.9 Å². The zero-order chi connectivity index (χ0) is 11.4. The summed E-state index contributed by atoms with van der Waals surface area (Å²) in [5.74, 6) is 0. The minimum absolute atomic E-state index is 0.238. The molecule has 2 aromatic rings. The maximum Gasteiger partial charge on any atom is 0.188 e. The third kappa shape index (κ3) is 2.37. The Labute approximate surface area is 96.9 Å². The number of hydrogen-bond donors (Lipinski definition) is 0. The van der Waals surface area contributed by atoms with Gasteiger partial charge >= 0.3 is 0 Å². The molecule has 0 saturated heterocycles. The normalized spacial score (nSPS) is 12.1. The van der Waals surface area contributed by atoms with Crippen molar-refractivity contribution in [3.05, 3.63) is 66.2 Å². The second kappa shape index (κ2) is 5.05. The predicted octanol–water partition coefficient (Wildman–Crippen LogP) is 3.26. The summed E-state index contributed by atoms with van der Waals surface area (Å²) in [6.07, 6.45) is 0. The number of benzene rings is 2. The summed E-state index contributed by atoms with van der Waals surface area (Å²) in [6, 6.07) is 19.5. The van der Waals surface area contributed by atoms with Crippen molar-refractivity contribution in [3.8, 4) is 0 Å². The number of carbonyl (C=O) groups is 1. The van der Waals surface area contributed by atoms with Crippen molar-refractivity contribution < 1.29 is 4.79 Å². The van der Waals surface area contributed by atoms with Crippen LogP contribution >= 0.6 is 7.92 Å².